The first-order valence-corrected chi connectivity index (χ1v) is 10.7. The maximum absolute atomic E-state index is 12.4. The number of fused-ring (bicyclic) bond motifs is 1. The van der Waals surface area contributed by atoms with Gasteiger partial charge in [0.1, 0.15) is 5.58 Å². The van der Waals surface area contributed by atoms with Crippen LogP contribution in [0.1, 0.15) is 22.3 Å². The standard InChI is InChI=1S/C21H19N3O2S2/c1-13-8-9-17-16(11-26-19(17)14(13)2)10-18(25)22-20-23-24-21(28-20)27-12-15-6-4-3-5-7-15/h3-9,11H,10,12H2,1-2H3,(H,22,23,25). The molecule has 1 amide bonds. The Labute approximate surface area is 171 Å². The van der Waals surface area contributed by atoms with E-state index in [1.54, 1.807) is 18.0 Å². The molecule has 0 saturated carbocycles. The molecular weight excluding hydrogens is 390 g/mol. The van der Waals surface area contributed by atoms with Crippen molar-refractivity contribution in [3.05, 3.63) is 71.0 Å². The van der Waals surface area contributed by atoms with Gasteiger partial charge in [0.05, 0.1) is 12.7 Å². The molecule has 142 valence electrons. The Morgan fingerprint density at radius 1 is 1.14 bits per heavy atom. The maximum Gasteiger partial charge on any atom is 0.230 e. The van der Waals surface area contributed by atoms with Gasteiger partial charge in [-0.05, 0) is 30.5 Å². The Bertz CT molecular complexity index is 1120. The first-order valence-electron chi connectivity index (χ1n) is 8.86. The molecule has 0 aliphatic heterocycles. The highest BCUT2D eigenvalue weighted by atomic mass is 32.2. The average molecular weight is 410 g/mol. The first-order chi connectivity index (χ1) is 13.6. The molecule has 0 unspecified atom stereocenters. The van der Waals surface area contributed by atoms with Gasteiger partial charge in [-0.25, -0.2) is 0 Å². The number of hydrogen-bond donors (Lipinski definition) is 1. The van der Waals surface area contributed by atoms with Gasteiger partial charge >= 0.3 is 0 Å². The van der Waals surface area contributed by atoms with Crippen LogP contribution in [0, 0.1) is 13.8 Å². The second-order valence-electron chi connectivity index (χ2n) is 6.52. The number of furan rings is 1. The highest BCUT2D eigenvalue weighted by Crippen LogP contribution is 2.29. The van der Waals surface area contributed by atoms with Crippen LogP contribution in [0.15, 0.2) is 57.5 Å². The third-order valence-corrected chi connectivity index (χ3v) is 6.59. The minimum Gasteiger partial charge on any atom is -0.464 e. The van der Waals surface area contributed by atoms with E-state index in [9.17, 15) is 4.79 Å². The molecule has 5 nitrogen and oxygen atoms in total. The molecule has 2 aromatic heterocycles. The highest BCUT2D eigenvalue weighted by molar-refractivity contribution is 8.00. The van der Waals surface area contributed by atoms with Crippen molar-refractivity contribution >= 4 is 45.1 Å². The molecule has 0 saturated heterocycles. The largest absolute Gasteiger partial charge is 0.464 e. The van der Waals surface area contributed by atoms with Crippen molar-refractivity contribution in [2.24, 2.45) is 0 Å². The molecule has 28 heavy (non-hydrogen) atoms. The first kappa shape index (κ1) is 18.7. The molecule has 4 aromatic rings. The number of hydrogen-bond acceptors (Lipinski definition) is 6. The van der Waals surface area contributed by atoms with Gasteiger partial charge in [-0.2, -0.15) is 0 Å². The van der Waals surface area contributed by atoms with Crippen LogP contribution in [0.25, 0.3) is 11.0 Å². The molecule has 0 spiro atoms. The number of aryl methyl sites for hydroxylation is 2. The average Bonchev–Trinajstić information content (AvgIpc) is 3.31. The number of nitrogens with one attached hydrogen (secondary N) is 1. The Balaban J connectivity index is 1.38. The predicted octanol–water partition coefficient (Wildman–Crippen LogP) is 5.37. The van der Waals surface area contributed by atoms with Crippen LogP contribution in [0.5, 0.6) is 0 Å². The van der Waals surface area contributed by atoms with Crippen LogP contribution < -0.4 is 5.32 Å². The number of benzene rings is 2. The summed E-state index contributed by atoms with van der Waals surface area (Å²) >= 11 is 3.00. The predicted molar refractivity (Wildman–Crippen MR) is 114 cm³/mol. The minimum atomic E-state index is -0.128. The lowest BCUT2D eigenvalue weighted by Crippen LogP contribution is -2.14. The molecule has 2 heterocycles. The van der Waals surface area contributed by atoms with Crippen molar-refractivity contribution in [3.63, 3.8) is 0 Å². The van der Waals surface area contributed by atoms with E-state index in [-0.39, 0.29) is 12.3 Å². The van der Waals surface area contributed by atoms with Gasteiger partial charge in [0.25, 0.3) is 0 Å². The quantitative estimate of drug-likeness (QED) is 0.342. The fraction of sp³-hybridized carbons (Fsp3) is 0.190. The fourth-order valence-electron chi connectivity index (χ4n) is 2.90. The number of anilines is 1. The summed E-state index contributed by atoms with van der Waals surface area (Å²) in [5.74, 6) is 0.695. The van der Waals surface area contributed by atoms with E-state index in [4.69, 9.17) is 4.42 Å². The molecule has 0 radical (unpaired) electrons. The van der Waals surface area contributed by atoms with Crippen molar-refractivity contribution in [3.8, 4) is 0 Å². The number of carbonyl (C=O) groups excluding carboxylic acids is 1. The third kappa shape index (κ3) is 4.10. The monoisotopic (exact) mass is 409 g/mol. The van der Waals surface area contributed by atoms with Gasteiger partial charge in [-0.3, -0.25) is 4.79 Å². The summed E-state index contributed by atoms with van der Waals surface area (Å²) in [7, 11) is 0. The summed E-state index contributed by atoms with van der Waals surface area (Å²) in [6.45, 7) is 4.08. The Kier molecular flexibility index (Phi) is 5.45. The summed E-state index contributed by atoms with van der Waals surface area (Å²) in [4.78, 5) is 12.4. The molecule has 0 aliphatic rings. The summed E-state index contributed by atoms with van der Waals surface area (Å²) in [5, 5.41) is 12.6. The van der Waals surface area contributed by atoms with E-state index in [2.05, 4.69) is 33.7 Å². The third-order valence-electron chi connectivity index (χ3n) is 4.55. The van der Waals surface area contributed by atoms with Gasteiger partial charge in [0.15, 0.2) is 4.34 Å². The number of aromatic nitrogens is 2. The summed E-state index contributed by atoms with van der Waals surface area (Å²) < 4.78 is 6.51. The van der Waals surface area contributed by atoms with Crippen molar-refractivity contribution < 1.29 is 9.21 Å². The van der Waals surface area contributed by atoms with Gasteiger partial charge in [-0.1, -0.05) is 65.6 Å². The van der Waals surface area contributed by atoms with Crippen LogP contribution in [0.2, 0.25) is 0 Å². The van der Waals surface area contributed by atoms with Gasteiger partial charge in [-0.15, -0.1) is 10.2 Å². The smallest absolute Gasteiger partial charge is 0.230 e. The topological polar surface area (TPSA) is 68.0 Å². The van der Waals surface area contributed by atoms with Crippen LogP contribution in [0.3, 0.4) is 0 Å². The van der Waals surface area contributed by atoms with Crippen LogP contribution in [-0.4, -0.2) is 16.1 Å². The zero-order valence-electron chi connectivity index (χ0n) is 15.6. The lowest BCUT2D eigenvalue weighted by molar-refractivity contribution is -0.115. The van der Waals surface area contributed by atoms with Crippen molar-refractivity contribution in [1.82, 2.24) is 10.2 Å². The number of rotatable bonds is 6. The molecule has 7 heteroatoms. The normalized spacial score (nSPS) is 11.1. The molecule has 0 atom stereocenters. The molecule has 0 aliphatic carbocycles. The van der Waals surface area contributed by atoms with Gasteiger partial charge < -0.3 is 9.73 Å². The van der Waals surface area contributed by atoms with E-state index >= 15 is 0 Å². The second kappa shape index (κ2) is 8.16. The van der Waals surface area contributed by atoms with Crippen LogP contribution >= 0.6 is 23.1 Å². The van der Waals surface area contributed by atoms with Crippen molar-refractivity contribution in [1.29, 1.82) is 0 Å². The Hall–Kier alpha value is -2.64. The Morgan fingerprint density at radius 2 is 1.96 bits per heavy atom. The van der Waals surface area contributed by atoms with Gasteiger partial charge in [0, 0.05) is 16.7 Å². The second-order valence-corrected chi connectivity index (χ2v) is 8.72. The molecule has 0 fully saturated rings. The number of carbonyl (C=O) groups is 1. The minimum absolute atomic E-state index is 0.128. The summed E-state index contributed by atoms with van der Waals surface area (Å²) in [6.07, 6.45) is 1.90. The Morgan fingerprint density at radius 3 is 2.79 bits per heavy atom. The molecule has 0 bridgehead atoms. The zero-order chi connectivity index (χ0) is 19.5. The maximum atomic E-state index is 12.4. The number of amides is 1. The SMILES string of the molecule is Cc1ccc2c(CC(=O)Nc3nnc(SCc4ccccc4)s3)coc2c1C. The summed E-state index contributed by atoms with van der Waals surface area (Å²) in [5.41, 5.74) is 5.23. The number of thioether (sulfide) groups is 1. The fourth-order valence-corrected chi connectivity index (χ4v) is 4.62. The summed E-state index contributed by atoms with van der Waals surface area (Å²) in [6, 6.07) is 14.2. The lowest BCUT2D eigenvalue weighted by atomic mass is 10.0. The van der Waals surface area contributed by atoms with Crippen molar-refractivity contribution in [2.75, 3.05) is 5.32 Å². The molecule has 1 N–H and O–H groups in total. The zero-order valence-corrected chi connectivity index (χ0v) is 17.2. The molecule has 2 aromatic carbocycles. The van der Waals surface area contributed by atoms with E-state index in [0.717, 1.165) is 32.2 Å². The van der Waals surface area contributed by atoms with E-state index < -0.39 is 0 Å². The molecule has 4 rings (SSSR count). The van der Waals surface area contributed by atoms with Crippen LogP contribution in [-0.2, 0) is 17.0 Å². The van der Waals surface area contributed by atoms with Crippen molar-refractivity contribution in [2.45, 2.75) is 30.4 Å². The number of nitrogens with zero attached hydrogens (tertiary/aromatic N) is 2. The molecular formula is C21H19N3O2S2. The van der Waals surface area contributed by atoms with Crippen LogP contribution in [0.4, 0.5) is 5.13 Å². The lowest BCUT2D eigenvalue weighted by Gasteiger charge is -2.02. The van der Waals surface area contributed by atoms with E-state index in [1.165, 1.54) is 22.5 Å². The van der Waals surface area contributed by atoms with Gasteiger partial charge in [0.2, 0.25) is 11.0 Å². The van der Waals surface area contributed by atoms with E-state index in [0.29, 0.717) is 5.13 Å². The van der Waals surface area contributed by atoms with E-state index in [1.807, 2.05) is 38.1 Å². The highest BCUT2D eigenvalue weighted by Gasteiger charge is 2.14.